The van der Waals surface area contributed by atoms with E-state index in [0.717, 1.165) is 6.42 Å². The zero-order valence-electron chi connectivity index (χ0n) is 6.09. The van der Waals surface area contributed by atoms with Crippen molar-refractivity contribution in [2.24, 2.45) is 0 Å². The predicted molar refractivity (Wildman–Crippen MR) is 37.9 cm³/mol. The van der Waals surface area contributed by atoms with E-state index in [1.807, 2.05) is 0 Å². The summed E-state index contributed by atoms with van der Waals surface area (Å²) in [5.41, 5.74) is 0. The van der Waals surface area contributed by atoms with E-state index in [0.29, 0.717) is 12.9 Å². The van der Waals surface area contributed by atoms with Crippen molar-refractivity contribution in [1.29, 1.82) is 0 Å². The normalized spacial score (nSPS) is 13.6. The summed E-state index contributed by atoms with van der Waals surface area (Å²) >= 11 is 0. The van der Waals surface area contributed by atoms with E-state index in [-0.39, 0.29) is 6.10 Å². The van der Waals surface area contributed by atoms with E-state index in [2.05, 4.69) is 0 Å². The summed E-state index contributed by atoms with van der Waals surface area (Å²) < 4.78 is 9.89. The van der Waals surface area contributed by atoms with Gasteiger partial charge in [0, 0.05) is 14.2 Å². The van der Waals surface area contributed by atoms with Crippen molar-refractivity contribution in [1.82, 2.24) is 0 Å². The van der Waals surface area contributed by atoms with Gasteiger partial charge >= 0.3 is 0 Å². The van der Waals surface area contributed by atoms with Crippen molar-refractivity contribution in [3.63, 3.8) is 0 Å². The minimum atomic E-state index is 0.167. The minimum absolute atomic E-state index is 0.167. The van der Waals surface area contributed by atoms with Crippen LogP contribution >= 0.6 is 0 Å². The van der Waals surface area contributed by atoms with Crippen molar-refractivity contribution in [3.05, 3.63) is 0 Å². The summed E-state index contributed by atoms with van der Waals surface area (Å²) in [7, 11) is 8.62. The molecule has 0 rings (SSSR count). The van der Waals surface area contributed by atoms with Gasteiger partial charge in [-0.3, -0.25) is 0 Å². The molecule has 0 amide bonds. The van der Waals surface area contributed by atoms with Gasteiger partial charge in [-0.1, -0.05) is 6.32 Å². The highest BCUT2D eigenvalue weighted by molar-refractivity contribution is 6.08. The highest BCUT2D eigenvalue weighted by atomic mass is 16.5. The van der Waals surface area contributed by atoms with Crippen LogP contribution in [0.5, 0.6) is 0 Å². The monoisotopic (exact) mass is 128 g/mol. The molecule has 0 heterocycles. The Morgan fingerprint density at radius 3 is 2.44 bits per heavy atom. The van der Waals surface area contributed by atoms with Crippen LogP contribution in [0.15, 0.2) is 0 Å². The summed E-state index contributed by atoms with van der Waals surface area (Å²) in [5, 5.41) is 0. The molecule has 2 nitrogen and oxygen atoms in total. The van der Waals surface area contributed by atoms with Crippen molar-refractivity contribution >= 4 is 7.85 Å². The van der Waals surface area contributed by atoms with E-state index < -0.39 is 0 Å². The molecule has 3 heteroatoms. The first-order valence-electron chi connectivity index (χ1n) is 3.07. The maximum Gasteiger partial charge on any atom is 0.0797 e. The Bertz CT molecular complexity index is 53.0. The smallest absolute Gasteiger partial charge is 0.0797 e. The maximum atomic E-state index is 5.30. The highest BCUT2D eigenvalue weighted by Gasteiger charge is 2.02. The summed E-state index contributed by atoms with van der Waals surface area (Å²) in [4.78, 5) is 0. The predicted octanol–water partition coefficient (Wildman–Crippen LogP) is 0.625. The van der Waals surface area contributed by atoms with Gasteiger partial charge in [-0.25, -0.2) is 0 Å². The Kier molecular flexibility index (Phi) is 6.10. The molecule has 0 N–H and O–H groups in total. The average Bonchev–Trinajstić information content (AvgIpc) is 1.88. The van der Waals surface area contributed by atoms with E-state index in [1.165, 1.54) is 0 Å². The molecule has 0 aliphatic carbocycles. The zero-order valence-corrected chi connectivity index (χ0v) is 6.09. The maximum absolute atomic E-state index is 5.30. The summed E-state index contributed by atoms with van der Waals surface area (Å²) in [6.07, 6.45) is 1.69. The lowest BCUT2D eigenvalue weighted by Crippen LogP contribution is -2.16. The highest BCUT2D eigenvalue weighted by Crippen LogP contribution is 1.99. The first-order valence-corrected chi connectivity index (χ1v) is 3.07. The van der Waals surface area contributed by atoms with Gasteiger partial charge in [0.05, 0.1) is 20.6 Å². The lowest BCUT2D eigenvalue weighted by Gasteiger charge is -2.11. The van der Waals surface area contributed by atoms with Crippen LogP contribution in [0.4, 0.5) is 0 Å². The van der Waals surface area contributed by atoms with Gasteiger partial charge in [0.25, 0.3) is 0 Å². The zero-order chi connectivity index (χ0) is 7.11. The first-order chi connectivity index (χ1) is 4.35. The van der Waals surface area contributed by atoms with Crippen LogP contribution in [-0.4, -0.2) is 34.8 Å². The second-order valence-corrected chi connectivity index (χ2v) is 1.89. The Hall–Kier alpha value is -0.0151. The Balaban J connectivity index is 3.18. The van der Waals surface area contributed by atoms with Crippen LogP contribution in [0.1, 0.15) is 6.42 Å². The van der Waals surface area contributed by atoms with Crippen molar-refractivity contribution in [3.8, 4) is 0 Å². The molecule has 0 aromatic rings. The van der Waals surface area contributed by atoms with Crippen LogP contribution < -0.4 is 0 Å². The van der Waals surface area contributed by atoms with Gasteiger partial charge < -0.3 is 9.47 Å². The molecule has 0 fully saturated rings. The van der Waals surface area contributed by atoms with Crippen LogP contribution in [-0.2, 0) is 9.47 Å². The first kappa shape index (κ1) is 8.98. The second-order valence-electron chi connectivity index (χ2n) is 1.89. The van der Waals surface area contributed by atoms with Gasteiger partial charge in [-0.2, -0.15) is 0 Å². The Labute approximate surface area is 57.9 Å². The standard InChI is InChI=1S/C6H13BO2/c1-8-5-6(9-2)3-4-7/h6H,3-5H2,1-2H3. The fraction of sp³-hybridized carbons (Fsp3) is 1.00. The van der Waals surface area contributed by atoms with E-state index in [4.69, 9.17) is 17.3 Å². The number of hydrogen-bond donors (Lipinski definition) is 0. The molecule has 52 valence electrons. The molecular weight excluding hydrogens is 115 g/mol. The minimum Gasteiger partial charge on any atom is -0.382 e. The molecule has 0 aliphatic rings. The molecule has 0 aromatic heterocycles. The lowest BCUT2D eigenvalue weighted by atomic mass is 9.99. The fourth-order valence-corrected chi connectivity index (χ4v) is 0.641. The third kappa shape index (κ3) is 4.49. The summed E-state index contributed by atoms with van der Waals surface area (Å²) in [6, 6.07) is 0. The number of hydrogen-bond acceptors (Lipinski definition) is 2. The quantitative estimate of drug-likeness (QED) is 0.505. The number of ether oxygens (including phenoxy) is 2. The van der Waals surface area contributed by atoms with E-state index >= 15 is 0 Å². The SMILES string of the molecule is [B]CCC(COC)OC. The summed E-state index contributed by atoms with van der Waals surface area (Å²) in [5.74, 6) is 0. The van der Waals surface area contributed by atoms with Crippen molar-refractivity contribution in [2.45, 2.75) is 18.8 Å². The topological polar surface area (TPSA) is 18.5 Å². The van der Waals surface area contributed by atoms with Gasteiger partial charge in [0.15, 0.2) is 0 Å². The molecule has 1 unspecified atom stereocenters. The molecule has 0 saturated carbocycles. The Morgan fingerprint density at radius 1 is 1.44 bits per heavy atom. The second kappa shape index (κ2) is 6.11. The van der Waals surface area contributed by atoms with Crippen LogP contribution in [0, 0.1) is 0 Å². The van der Waals surface area contributed by atoms with E-state index in [1.54, 1.807) is 14.2 Å². The lowest BCUT2D eigenvalue weighted by molar-refractivity contribution is 0.0266. The van der Waals surface area contributed by atoms with Crippen LogP contribution in [0.25, 0.3) is 0 Å². The number of methoxy groups -OCH3 is 2. The molecular formula is C6H13BO2. The molecule has 0 aromatic carbocycles. The third-order valence-corrected chi connectivity index (χ3v) is 1.17. The van der Waals surface area contributed by atoms with E-state index in [9.17, 15) is 0 Å². The fourth-order valence-electron chi connectivity index (χ4n) is 0.641. The molecule has 0 bridgehead atoms. The third-order valence-electron chi connectivity index (χ3n) is 1.17. The molecule has 2 radical (unpaired) electrons. The number of rotatable bonds is 5. The molecule has 9 heavy (non-hydrogen) atoms. The van der Waals surface area contributed by atoms with Gasteiger partial charge in [-0.05, 0) is 6.42 Å². The molecule has 1 atom stereocenters. The van der Waals surface area contributed by atoms with Gasteiger partial charge in [-0.15, -0.1) is 0 Å². The summed E-state index contributed by atoms with van der Waals surface area (Å²) in [6.45, 7) is 0.633. The van der Waals surface area contributed by atoms with Gasteiger partial charge in [0.1, 0.15) is 0 Å². The molecule has 0 saturated heterocycles. The largest absolute Gasteiger partial charge is 0.382 e. The Morgan fingerprint density at radius 2 is 2.11 bits per heavy atom. The molecule has 0 spiro atoms. The van der Waals surface area contributed by atoms with Crippen LogP contribution in [0.3, 0.4) is 0 Å². The van der Waals surface area contributed by atoms with Crippen molar-refractivity contribution in [2.75, 3.05) is 20.8 Å². The van der Waals surface area contributed by atoms with Gasteiger partial charge in [0.2, 0.25) is 0 Å². The molecule has 0 aliphatic heterocycles. The average molecular weight is 128 g/mol. The van der Waals surface area contributed by atoms with Crippen LogP contribution in [0.2, 0.25) is 6.32 Å². The van der Waals surface area contributed by atoms with Crippen molar-refractivity contribution < 1.29 is 9.47 Å².